The van der Waals surface area contributed by atoms with Crippen LogP contribution in [0.3, 0.4) is 0 Å². The highest BCUT2D eigenvalue weighted by molar-refractivity contribution is 8.17. The zero-order valence-corrected chi connectivity index (χ0v) is 23.9. The number of aryl methyl sites for hydroxylation is 2. The summed E-state index contributed by atoms with van der Waals surface area (Å²) in [7, 11) is -0.630. The molecule has 4 aromatic rings. The van der Waals surface area contributed by atoms with Crippen LogP contribution in [-0.2, 0) is 6.42 Å². The third kappa shape index (κ3) is 5.37. The molecule has 1 nitrogen and oxygen atoms in total. The molecule has 1 heterocycles. The van der Waals surface area contributed by atoms with Gasteiger partial charge >= 0.3 is 0 Å². The molecule has 1 unspecified atom stereocenters. The lowest BCUT2D eigenvalue weighted by Crippen LogP contribution is -2.25. The summed E-state index contributed by atoms with van der Waals surface area (Å²) in [4.78, 5) is 0. The van der Waals surface area contributed by atoms with Gasteiger partial charge in [-0.15, -0.1) is 23.5 Å². The molecule has 0 bridgehead atoms. The standard InChI is InChI=1S/C33H34NPS2/c1-24-11-8-17-29(34-23-31-36-21-10-22-37-31)32(24)28-20-19-25-12-9-18-30(33(25)28)35(26-13-4-2-5-14-26)27-15-6-3-7-16-27/h2-9,11-18,28,31,34H,10,19-23H2,1H3. The zero-order chi connectivity index (χ0) is 25.0. The van der Waals surface area contributed by atoms with Gasteiger partial charge in [-0.3, -0.25) is 0 Å². The van der Waals surface area contributed by atoms with E-state index in [2.05, 4.69) is 133 Å². The van der Waals surface area contributed by atoms with Gasteiger partial charge in [0.25, 0.3) is 0 Å². The Morgan fingerprint density at radius 2 is 1.43 bits per heavy atom. The lowest BCUT2D eigenvalue weighted by atomic mass is 9.88. The third-order valence-corrected chi connectivity index (χ3v) is 13.0. The van der Waals surface area contributed by atoms with Crippen molar-refractivity contribution in [3.8, 4) is 0 Å². The second-order valence-electron chi connectivity index (χ2n) is 9.89. The minimum absolute atomic E-state index is 0.430. The smallest absolute Gasteiger partial charge is 0.0674 e. The van der Waals surface area contributed by atoms with Gasteiger partial charge in [-0.2, -0.15) is 0 Å². The Bertz CT molecular complexity index is 1300. The van der Waals surface area contributed by atoms with E-state index in [1.54, 1.807) is 5.56 Å². The number of nitrogens with one attached hydrogen (secondary N) is 1. The molecule has 0 saturated carbocycles. The highest BCUT2D eigenvalue weighted by atomic mass is 32.2. The first kappa shape index (κ1) is 25.1. The van der Waals surface area contributed by atoms with E-state index in [0.29, 0.717) is 10.5 Å². The van der Waals surface area contributed by atoms with Crippen LogP contribution in [0, 0.1) is 6.92 Å². The molecule has 0 aromatic heterocycles. The predicted octanol–water partition coefficient (Wildman–Crippen LogP) is 7.44. The Kier molecular flexibility index (Phi) is 7.93. The quantitative estimate of drug-likeness (QED) is 0.245. The summed E-state index contributed by atoms with van der Waals surface area (Å²) in [5.74, 6) is 3.02. The fourth-order valence-electron chi connectivity index (χ4n) is 5.87. The molecule has 1 fully saturated rings. The van der Waals surface area contributed by atoms with E-state index in [1.807, 2.05) is 0 Å². The molecule has 2 aliphatic rings. The molecular formula is C33H34NPS2. The third-order valence-electron chi connectivity index (χ3n) is 7.52. The van der Waals surface area contributed by atoms with Crippen LogP contribution in [-0.4, -0.2) is 22.6 Å². The van der Waals surface area contributed by atoms with E-state index in [1.165, 1.54) is 62.6 Å². The van der Waals surface area contributed by atoms with Crippen LogP contribution in [0.1, 0.15) is 41.0 Å². The van der Waals surface area contributed by atoms with Crippen LogP contribution in [0.4, 0.5) is 5.69 Å². The Morgan fingerprint density at radius 1 is 0.757 bits per heavy atom. The zero-order valence-electron chi connectivity index (χ0n) is 21.4. The van der Waals surface area contributed by atoms with Gasteiger partial charge < -0.3 is 5.32 Å². The van der Waals surface area contributed by atoms with Crippen molar-refractivity contribution < 1.29 is 0 Å². The highest BCUT2D eigenvalue weighted by Crippen LogP contribution is 2.46. The molecule has 6 rings (SSSR count). The van der Waals surface area contributed by atoms with Gasteiger partial charge in [0, 0.05) is 18.2 Å². The molecule has 4 heteroatoms. The van der Waals surface area contributed by atoms with Crippen molar-refractivity contribution in [2.24, 2.45) is 0 Å². The van der Waals surface area contributed by atoms with E-state index >= 15 is 0 Å². The number of fused-ring (bicyclic) bond motifs is 1. The summed E-state index contributed by atoms with van der Waals surface area (Å²) in [6, 6.07) is 36.3. The lowest BCUT2D eigenvalue weighted by molar-refractivity contribution is 0.785. The van der Waals surface area contributed by atoms with Crippen LogP contribution in [0.2, 0.25) is 0 Å². The van der Waals surface area contributed by atoms with Gasteiger partial charge in [-0.25, -0.2) is 0 Å². The Labute approximate surface area is 231 Å². The molecule has 1 saturated heterocycles. The molecule has 0 spiro atoms. The second-order valence-corrected chi connectivity index (χ2v) is 15.0. The highest BCUT2D eigenvalue weighted by Gasteiger charge is 2.32. The van der Waals surface area contributed by atoms with Gasteiger partial charge in [-0.05, 0) is 89.8 Å². The van der Waals surface area contributed by atoms with Crippen molar-refractivity contribution >= 4 is 53.0 Å². The minimum Gasteiger partial charge on any atom is -0.383 e. The second kappa shape index (κ2) is 11.7. The van der Waals surface area contributed by atoms with Crippen LogP contribution in [0.15, 0.2) is 97.1 Å². The Balaban J connectivity index is 1.43. The van der Waals surface area contributed by atoms with Gasteiger partial charge in [-0.1, -0.05) is 91.0 Å². The first-order chi connectivity index (χ1) is 18.3. The monoisotopic (exact) mass is 539 g/mol. The van der Waals surface area contributed by atoms with Crippen LogP contribution >= 0.6 is 31.4 Å². The van der Waals surface area contributed by atoms with Crippen molar-refractivity contribution in [3.63, 3.8) is 0 Å². The summed E-state index contributed by atoms with van der Waals surface area (Å²) in [5.41, 5.74) is 7.37. The van der Waals surface area contributed by atoms with Gasteiger partial charge in [0.15, 0.2) is 0 Å². The minimum atomic E-state index is -0.630. The van der Waals surface area contributed by atoms with E-state index in [-0.39, 0.29) is 0 Å². The van der Waals surface area contributed by atoms with Crippen molar-refractivity contribution in [1.29, 1.82) is 0 Å². The van der Waals surface area contributed by atoms with Gasteiger partial charge in [0.2, 0.25) is 0 Å². The molecule has 1 N–H and O–H groups in total. The SMILES string of the molecule is Cc1cccc(NCC2SCCCS2)c1C1CCc2cccc(P(c3ccccc3)c3ccccc3)c21. The molecule has 1 atom stereocenters. The van der Waals surface area contributed by atoms with Crippen molar-refractivity contribution in [2.75, 3.05) is 23.4 Å². The summed E-state index contributed by atoms with van der Waals surface area (Å²) < 4.78 is 0.650. The van der Waals surface area contributed by atoms with Crippen molar-refractivity contribution in [1.82, 2.24) is 0 Å². The van der Waals surface area contributed by atoms with Crippen molar-refractivity contribution in [3.05, 3.63) is 119 Å². The average Bonchev–Trinajstić information content (AvgIpc) is 3.38. The van der Waals surface area contributed by atoms with Gasteiger partial charge in [0.05, 0.1) is 4.58 Å². The largest absolute Gasteiger partial charge is 0.383 e. The summed E-state index contributed by atoms with van der Waals surface area (Å²) in [6.45, 7) is 3.34. The topological polar surface area (TPSA) is 12.0 Å². The molecular weight excluding hydrogens is 505 g/mol. The van der Waals surface area contributed by atoms with Crippen molar-refractivity contribution in [2.45, 2.75) is 36.7 Å². The van der Waals surface area contributed by atoms with Crippen LogP contribution < -0.4 is 21.2 Å². The van der Waals surface area contributed by atoms with E-state index in [4.69, 9.17) is 0 Å². The normalized spacial score (nSPS) is 17.6. The lowest BCUT2D eigenvalue weighted by Gasteiger charge is -2.28. The maximum Gasteiger partial charge on any atom is 0.0674 e. The molecule has 188 valence electrons. The van der Waals surface area contributed by atoms with E-state index < -0.39 is 7.92 Å². The fraction of sp³-hybridized carbons (Fsp3) is 0.273. The fourth-order valence-corrected chi connectivity index (χ4v) is 11.1. The number of hydrogen-bond donors (Lipinski definition) is 1. The summed E-state index contributed by atoms with van der Waals surface area (Å²) in [5, 5.41) is 8.29. The van der Waals surface area contributed by atoms with Crippen LogP contribution in [0.25, 0.3) is 0 Å². The number of anilines is 1. The maximum absolute atomic E-state index is 3.91. The summed E-state index contributed by atoms with van der Waals surface area (Å²) in [6.07, 6.45) is 3.68. The summed E-state index contributed by atoms with van der Waals surface area (Å²) >= 11 is 4.24. The number of hydrogen-bond acceptors (Lipinski definition) is 3. The first-order valence-electron chi connectivity index (χ1n) is 13.4. The molecule has 0 amide bonds. The molecule has 37 heavy (non-hydrogen) atoms. The Hall–Kier alpha value is -2.19. The van der Waals surface area contributed by atoms with E-state index in [9.17, 15) is 0 Å². The number of thioether (sulfide) groups is 2. The average molecular weight is 540 g/mol. The molecule has 1 aliphatic heterocycles. The number of rotatable bonds is 7. The Morgan fingerprint density at radius 3 is 2.14 bits per heavy atom. The molecule has 0 radical (unpaired) electrons. The molecule has 4 aromatic carbocycles. The maximum atomic E-state index is 3.91. The number of benzene rings is 4. The first-order valence-corrected chi connectivity index (χ1v) is 16.8. The van der Waals surface area contributed by atoms with Gasteiger partial charge in [0.1, 0.15) is 0 Å². The molecule has 1 aliphatic carbocycles. The van der Waals surface area contributed by atoms with E-state index in [0.717, 1.165) is 13.0 Å². The van der Waals surface area contributed by atoms with Crippen LogP contribution in [0.5, 0.6) is 0 Å². The predicted molar refractivity (Wildman–Crippen MR) is 168 cm³/mol.